The molecule has 1 N–H and O–H groups in total. The van der Waals surface area contributed by atoms with Gasteiger partial charge in [0.25, 0.3) is 0 Å². The highest BCUT2D eigenvalue weighted by atomic mass is 35.5. The topological polar surface area (TPSA) is 49.2 Å². The van der Waals surface area contributed by atoms with Crippen LogP contribution in [-0.4, -0.2) is 34.5 Å². The minimum absolute atomic E-state index is 0.282. The van der Waals surface area contributed by atoms with Crippen molar-refractivity contribution in [1.29, 1.82) is 0 Å². The first-order valence-corrected chi connectivity index (χ1v) is 6.47. The highest BCUT2D eigenvalue weighted by Gasteiger charge is 2.21. The second-order valence-electron chi connectivity index (χ2n) is 4.60. The number of hydrogen-bond donors (Lipinski definition) is 1. The Hall–Kier alpha value is -1.39. The molecule has 1 fully saturated rings. The van der Waals surface area contributed by atoms with Crippen LogP contribution in [0.1, 0.15) is 12.8 Å². The van der Waals surface area contributed by atoms with Crippen molar-refractivity contribution in [2.24, 2.45) is 0 Å². The Morgan fingerprint density at radius 1 is 1.22 bits per heavy atom. The van der Waals surface area contributed by atoms with Crippen molar-refractivity contribution in [3.63, 3.8) is 0 Å². The fourth-order valence-electron chi connectivity index (χ4n) is 2.44. The molecule has 3 rings (SSSR count). The van der Waals surface area contributed by atoms with Crippen LogP contribution in [0.15, 0.2) is 24.3 Å². The molecule has 1 aliphatic heterocycles. The number of nitrogens with zero attached hydrogens (tertiary/aromatic N) is 3. The van der Waals surface area contributed by atoms with Crippen molar-refractivity contribution in [1.82, 2.24) is 10.2 Å². The van der Waals surface area contributed by atoms with Crippen molar-refractivity contribution in [3.05, 3.63) is 29.4 Å². The summed E-state index contributed by atoms with van der Waals surface area (Å²) in [5, 5.41) is 20.3. The van der Waals surface area contributed by atoms with Crippen molar-refractivity contribution < 1.29 is 5.11 Å². The van der Waals surface area contributed by atoms with E-state index < -0.39 is 0 Å². The van der Waals surface area contributed by atoms with E-state index in [9.17, 15) is 5.11 Å². The van der Waals surface area contributed by atoms with Gasteiger partial charge in [0, 0.05) is 23.9 Å². The molecule has 0 radical (unpaired) electrons. The van der Waals surface area contributed by atoms with Gasteiger partial charge in [0.15, 0.2) is 11.0 Å². The van der Waals surface area contributed by atoms with Crippen molar-refractivity contribution >= 4 is 28.2 Å². The zero-order valence-electron chi connectivity index (χ0n) is 9.88. The van der Waals surface area contributed by atoms with Crippen LogP contribution in [0, 0.1) is 0 Å². The number of hydrogen-bond acceptors (Lipinski definition) is 4. The summed E-state index contributed by atoms with van der Waals surface area (Å²) in [6.07, 6.45) is 1.55. The molecule has 1 aromatic carbocycles. The first kappa shape index (κ1) is 11.7. The molecule has 0 bridgehead atoms. The quantitative estimate of drug-likeness (QED) is 0.857. The van der Waals surface area contributed by atoms with Crippen molar-refractivity contribution in [2.45, 2.75) is 18.9 Å². The Bertz CT molecular complexity index is 575. The number of halogens is 1. The van der Waals surface area contributed by atoms with Crippen LogP contribution in [0.4, 0.5) is 5.82 Å². The summed E-state index contributed by atoms with van der Waals surface area (Å²) in [6, 6.07) is 7.83. The first-order chi connectivity index (χ1) is 8.75. The van der Waals surface area contributed by atoms with Gasteiger partial charge in [0.2, 0.25) is 0 Å². The van der Waals surface area contributed by atoms with E-state index in [0.29, 0.717) is 11.7 Å². The van der Waals surface area contributed by atoms with Gasteiger partial charge in [-0.2, -0.15) is 0 Å². The molecule has 0 spiro atoms. The SMILES string of the molecule is O[C@H]1CCCN(c2nnc(Cl)c3ccccc23)C1. The molecule has 5 heteroatoms. The van der Waals surface area contributed by atoms with E-state index >= 15 is 0 Å². The molecular weight excluding hydrogens is 250 g/mol. The van der Waals surface area contributed by atoms with Crippen LogP contribution in [-0.2, 0) is 0 Å². The summed E-state index contributed by atoms with van der Waals surface area (Å²) in [5.41, 5.74) is 0. The van der Waals surface area contributed by atoms with Gasteiger partial charge in [-0.25, -0.2) is 0 Å². The van der Waals surface area contributed by atoms with E-state index in [4.69, 9.17) is 11.6 Å². The maximum atomic E-state index is 9.75. The molecule has 18 heavy (non-hydrogen) atoms. The van der Waals surface area contributed by atoms with Crippen molar-refractivity contribution in [3.8, 4) is 0 Å². The number of aliphatic hydroxyl groups excluding tert-OH is 1. The Morgan fingerprint density at radius 2 is 2.00 bits per heavy atom. The lowest BCUT2D eigenvalue weighted by Crippen LogP contribution is -2.38. The second-order valence-corrected chi connectivity index (χ2v) is 4.96. The number of anilines is 1. The lowest BCUT2D eigenvalue weighted by Gasteiger charge is -2.31. The summed E-state index contributed by atoms with van der Waals surface area (Å²) >= 11 is 6.06. The minimum Gasteiger partial charge on any atom is -0.391 e. The number of fused-ring (bicyclic) bond motifs is 1. The number of aliphatic hydroxyl groups is 1. The molecule has 0 unspecified atom stereocenters. The number of rotatable bonds is 1. The first-order valence-electron chi connectivity index (χ1n) is 6.09. The lowest BCUT2D eigenvalue weighted by atomic mass is 10.1. The predicted molar refractivity (Wildman–Crippen MR) is 72.0 cm³/mol. The van der Waals surface area contributed by atoms with Gasteiger partial charge in [0.05, 0.1) is 6.10 Å². The molecule has 1 atom stereocenters. The summed E-state index contributed by atoms with van der Waals surface area (Å²) in [6.45, 7) is 1.51. The van der Waals surface area contributed by atoms with Crippen LogP contribution in [0.2, 0.25) is 5.15 Å². The molecule has 0 aliphatic carbocycles. The molecule has 1 aliphatic rings. The van der Waals surface area contributed by atoms with E-state index in [1.54, 1.807) is 0 Å². The fraction of sp³-hybridized carbons (Fsp3) is 0.385. The third kappa shape index (κ3) is 2.02. The third-order valence-corrected chi connectivity index (χ3v) is 3.60. The van der Waals surface area contributed by atoms with Crippen LogP contribution in [0.3, 0.4) is 0 Å². The highest BCUT2D eigenvalue weighted by Crippen LogP contribution is 2.29. The number of β-amino-alcohol motifs (C(OH)–C–C–N with tert-alkyl or cyclic N) is 1. The predicted octanol–water partition coefficient (Wildman–Crippen LogP) is 2.24. The number of piperidine rings is 1. The molecule has 2 aromatic rings. The molecule has 4 nitrogen and oxygen atoms in total. The minimum atomic E-state index is -0.282. The summed E-state index contributed by atoms with van der Waals surface area (Å²) < 4.78 is 0. The molecule has 0 saturated carbocycles. The average molecular weight is 264 g/mol. The van der Waals surface area contributed by atoms with E-state index in [0.717, 1.165) is 36.0 Å². The van der Waals surface area contributed by atoms with E-state index in [1.165, 1.54) is 0 Å². The van der Waals surface area contributed by atoms with Crippen LogP contribution in [0.25, 0.3) is 10.8 Å². The molecule has 1 aromatic heterocycles. The molecule has 1 saturated heterocycles. The summed E-state index contributed by atoms with van der Waals surface area (Å²) in [7, 11) is 0. The maximum Gasteiger partial charge on any atom is 0.159 e. The second kappa shape index (κ2) is 4.71. The maximum absolute atomic E-state index is 9.75. The van der Waals surface area contributed by atoms with Gasteiger partial charge in [-0.3, -0.25) is 0 Å². The Kier molecular flexibility index (Phi) is 3.06. The normalized spacial score (nSPS) is 20.3. The van der Waals surface area contributed by atoms with Gasteiger partial charge in [0.1, 0.15) is 0 Å². The smallest absolute Gasteiger partial charge is 0.159 e. The van der Waals surface area contributed by atoms with Gasteiger partial charge < -0.3 is 10.0 Å². The average Bonchev–Trinajstić information content (AvgIpc) is 2.39. The lowest BCUT2D eigenvalue weighted by molar-refractivity contribution is 0.154. The van der Waals surface area contributed by atoms with Crippen LogP contribution >= 0.6 is 11.6 Å². The Morgan fingerprint density at radius 3 is 2.78 bits per heavy atom. The monoisotopic (exact) mass is 263 g/mol. The van der Waals surface area contributed by atoms with Crippen LogP contribution in [0.5, 0.6) is 0 Å². The zero-order chi connectivity index (χ0) is 12.5. The van der Waals surface area contributed by atoms with E-state index in [2.05, 4.69) is 15.1 Å². The van der Waals surface area contributed by atoms with E-state index in [-0.39, 0.29) is 6.10 Å². The molecule has 0 amide bonds. The number of aromatic nitrogens is 2. The summed E-state index contributed by atoms with van der Waals surface area (Å²) in [5.74, 6) is 0.814. The summed E-state index contributed by atoms with van der Waals surface area (Å²) in [4.78, 5) is 2.08. The fourth-order valence-corrected chi connectivity index (χ4v) is 2.64. The Balaban J connectivity index is 2.09. The molecule has 2 heterocycles. The highest BCUT2D eigenvalue weighted by molar-refractivity contribution is 6.34. The number of benzene rings is 1. The Labute approximate surface area is 110 Å². The van der Waals surface area contributed by atoms with Gasteiger partial charge in [-0.05, 0) is 12.8 Å². The van der Waals surface area contributed by atoms with Crippen LogP contribution < -0.4 is 4.90 Å². The van der Waals surface area contributed by atoms with E-state index in [1.807, 2.05) is 24.3 Å². The molecular formula is C13H14ClN3O. The molecule has 94 valence electrons. The van der Waals surface area contributed by atoms with Gasteiger partial charge >= 0.3 is 0 Å². The van der Waals surface area contributed by atoms with Crippen molar-refractivity contribution in [2.75, 3.05) is 18.0 Å². The zero-order valence-corrected chi connectivity index (χ0v) is 10.6. The van der Waals surface area contributed by atoms with Gasteiger partial charge in [-0.15, -0.1) is 10.2 Å². The standard InChI is InChI=1S/C13H14ClN3O/c14-12-10-5-1-2-6-11(10)13(16-15-12)17-7-3-4-9(18)8-17/h1-2,5-6,9,18H,3-4,7-8H2/t9-/m0/s1. The third-order valence-electron chi connectivity index (χ3n) is 3.32. The van der Waals surface area contributed by atoms with Gasteiger partial charge in [-0.1, -0.05) is 35.9 Å². The largest absolute Gasteiger partial charge is 0.391 e.